The minimum atomic E-state index is -1.26. The molecule has 0 radical (unpaired) electrons. The summed E-state index contributed by atoms with van der Waals surface area (Å²) in [5.74, 6) is 3.16. The SMILES string of the molecule is C#Cc1ccc(CN(CCC)c2nc(Cl)nc3c2ncn3[C@@H]2O[C@H](CO)[C@H](O)[C@@H]2O)cc1. The molecule has 168 valence electrons. The number of nitrogens with zero attached hydrogens (tertiary/aromatic N) is 5. The molecule has 10 heteroatoms. The van der Waals surface area contributed by atoms with Crippen molar-refractivity contribution in [1.82, 2.24) is 19.5 Å². The van der Waals surface area contributed by atoms with E-state index in [0.717, 1.165) is 17.5 Å². The van der Waals surface area contributed by atoms with E-state index in [4.69, 9.17) is 22.8 Å². The van der Waals surface area contributed by atoms with Gasteiger partial charge in [0.1, 0.15) is 18.3 Å². The lowest BCUT2D eigenvalue weighted by atomic mass is 10.1. The van der Waals surface area contributed by atoms with Gasteiger partial charge in [0.05, 0.1) is 12.9 Å². The van der Waals surface area contributed by atoms with Crippen LogP contribution in [0.15, 0.2) is 30.6 Å². The van der Waals surface area contributed by atoms with Crippen molar-refractivity contribution in [1.29, 1.82) is 0 Å². The number of rotatable bonds is 7. The van der Waals surface area contributed by atoms with Gasteiger partial charge in [-0.1, -0.05) is 25.0 Å². The number of aliphatic hydroxyl groups excluding tert-OH is 3. The Morgan fingerprint density at radius 2 is 1.97 bits per heavy atom. The van der Waals surface area contributed by atoms with Crippen LogP contribution in [-0.4, -0.2) is 66.3 Å². The highest BCUT2D eigenvalue weighted by Gasteiger charge is 2.44. The molecule has 32 heavy (non-hydrogen) atoms. The summed E-state index contributed by atoms with van der Waals surface area (Å²) in [4.78, 5) is 15.2. The molecule has 1 saturated heterocycles. The minimum Gasteiger partial charge on any atom is -0.394 e. The predicted molar refractivity (Wildman–Crippen MR) is 119 cm³/mol. The van der Waals surface area contributed by atoms with E-state index in [1.807, 2.05) is 24.3 Å². The number of halogens is 1. The summed E-state index contributed by atoms with van der Waals surface area (Å²) in [7, 11) is 0. The molecule has 0 spiro atoms. The van der Waals surface area contributed by atoms with Crippen LogP contribution in [0.3, 0.4) is 0 Å². The number of aliphatic hydroxyl groups is 3. The van der Waals surface area contributed by atoms with E-state index >= 15 is 0 Å². The van der Waals surface area contributed by atoms with E-state index in [-0.39, 0.29) is 5.28 Å². The van der Waals surface area contributed by atoms with Crippen molar-refractivity contribution in [2.75, 3.05) is 18.1 Å². The maximum Gasteiger partial charge on any atom is 0.226 e. The molecule has 1 aliphatic rings. The standard InChI is InChI=1S/C22H24ClN5O4/c1-3-9-27(10-14-7-5-13(4-2)6-8-14)19-16-20(26-22(23)25-19)28(12-24-16)21-18(31)17(30)15(11-29)32-21/h2,5-8,12,15,17-18,21,29-31H,3,9-11H2,1H3/t15-,17+,18+,21-/m1/s1. The van der Waals surface area contributed by atoms with Gasteiger partial charge < -0.3 is 25.0 Å². The second-order valence-corrected chi connectivity index (χ2v) is 7.97. The lowest BCUT2D eigenvalue weighted by Gasteiger charge is -2.24. The first-order valence-electron chi connectivity index (χ1n) is 10.3. The molecule has 1 aliphatic heterocycles. The third-order valence-electron chi connectivity index (χ3n) is 5.45. The first kappa shape index (κ1) is 22.5. The number of imidazole rings is 1. The average molecular weight is 458 g/mol. The molecule has 9 nitrogen and oxygen atoms in total. The molecule has 0 saturated carbocycles. The van der Waals surface area contributed by atoms with Gasteiger partial charge in [-0.25, -0.2) is 4.98 Å². The van der Waals surface area contributed by atoms with Gasteiger partial charge in [-0.2, -0.15) is 9.97 Å². The van der Waals surface area contributed by atoms with E-state index in [1.165, 1.54) is 10.9 Å². The molecule has 0 unspecified atom stereocenters. The Hall–Kier alpha value is -2.74. The maximum absolute atomic E-state index is 10.4. The normalized spacial score (nSPS) is 22.9. The van der Waals surface area contributed by atoms with E-state index < -0.39 is 31.1 Å². The molecule has 2 aromatic heterocycles. The number of fused-ring (bicyclic) bond motifs is 1. The Kier molecular flexibility index (Phi) is 6.60. The van der Waals surface area contributed by atoms with E-state index in [2.05, 4.69) is 32.7 Å². The number of anilines is 1. The topological polar surface area (TPSA) is 117 Å². The molecule has 3 heterocycles. The highest BCUT2D eigenvalue weighted by Crippen LogP contribution is 2.33. The summed E-state index contributed by atoms with van der Waals surface area (Å²) in [5, 5.41) is 30.0. The Balaban J connectivity index is 1.72. The maximum atomic E-state index is 10.4. The van der Waals surface area contributed by atoms with Crippen LogP contribution in [0, 0.1) is 12.3 Å². The van der Waals surface area contributed by atoms with Crippen molar-refractivity contribution in [3.8, 4) is 12.3 Å². The lowest BCUT2D eigenvalue weighted by Crippen LogP contribution is -2.33. The van der Waals surface area contributed by atoms with Gasteiger partial charge in [-0.15, -0.1) is 6.42 Å². The summed E-state index contributed by atoms with van der Waals surface area (Å²) in [6.45, 7) is 2.89. The fourth-order valence-corrected chi connectivity index (χ4v) is 4.01. The molecule has 4 rings (SSSR count). The Morgan fingerprint density at radius 3 is 2.59 bits per heavy atom. The van der Waals surface area contributed by atoms with Gasteiger partial charge in [0.25, 0.3) is 0 Å². The minimum absolute atomic E-state index is 0.0183. The summed E-state index contributed by atoms with van der Waals surface area (Å²) in [6.07, 6.45) is 3.40. The zero-order valence-electron chi connectivity index (χ0n) is 17.5. The molecule has 4 atom stereocenters. The molecule has 0 amide bonds. The Bertz CT molecular complexity index is 1130. The predicted octanol–water partition coefficient (Wildman–Crippen LogP) is 1.49. The molecule has 1 aromatic carbocycles. The highest BCUT2D eigenvalue weighted by molar-refractivity contribution is 6.28. The molecular weight excluding hydrogens is 434 g/mol. The number of aromatic nitrogens is 4. The third-order valence-corrected chi connectivity index (χ3v) is 5.62. The van der Waals surface area contributed by atoms with Crippen LogP contribution in [0.25, 0.3) is 11.2 Å². The average Bonchev–Trinajstić information content (AvgIpc) is 3.34. The van der Waals surface area contributed by atoms with Gasteiger partial charge in [0, 0.05) is 18.7 Å². The van der Waals surface area contributed by atoms with Crippen LogP contribution in [0.4, 0.5) is 5.82 Å². The molecule has 3 N–H and O–H groups in total. The van der Waals surface area contributed by atoms with Crippen LogP contribution in [-0.2, 0) is 11.3 Å². The first-order valence-corrected chi connectivity index (χ1v) is 10.7. The second-order valence-electron chi connectivity index (χ2n) is 7.63. The Labute approximate surface area is 190 Å². The van der Waals surface area contributed by atoms with Crippen molar-refractivity contribution in [3.05, 3.63) is 47.0 Å². The quantitative estimate of drug-likeness (QED) is 0.361. The van der Waals surface area contributed by atoms with Crippen molar-refractivity contribution < 1.29 is 20.1 Å². The van der Waals surface area contributed by atoms with Gasteiger partial charge >= 0.3 is 0 Å². The van der Waals surface area contributed by atoms with Crippen LogP contribution < -0.4 is 4.90 Å². The van der Waals surface area contributed by atoms with Crippen LogP contribution in [0.1, 0.15) is 30.7 Å². The van der Waals surface area contributed by atoms with Gasteiger partial charge in [-0.3, -0.25) is 4.57 Å². The number of hydrogen-bond donors (Lipinski definition) is 3. The van der Waals surface area contributed by atoms with E-state index in [0.29, 0.717) is 30.1 Å². The van der Waals surface area contributed by atoms with Gasteiger partial charge in [-0.05, 0) is 35.7 Å². The molecule has 3 aromatic rings. The number of ether oxygens (including phenoxy) is 1. The molecule has 0 aliphatic carbocycles. The van der Waals surface area contributed by atoms with Gasteiger partial charge in [0.15, 0.2) is 23.2 Å². The lowest BCUT2D eigenvalue weighted by molar-refractivity contribution is -0.0511. The van der Waals surface area contributed by atoms with Crippen molar-refractivity contribution in [2.24, 2.45) is 0 Å². The number of terminal acetylenes is 1. The molecular formula is C22H24ClN5O4. The van der Waals surface area contributed by atoms with Crippen molar-refractivity contribution in [2.45, 2.75) is 44.4 Å². The largest absolute Gasteiger partial charge is 0.394 e. The van der Waals surface area contributed by atoms with E-state index in [9.17, 15) is 15.3 Å². The van der Waals surface area contributed by atoms with Crippen LogP contribution >= 0.6 is 11.6 Å². The van der Waals surface area contributed by atoms with Crippen LogP contribution in [0.2, 0.25) is 5.28 Å². The third kappa shape index (κ3) is 4.16. The Morgan fingerprint density at radius 1 is 1.22 bits per heavy atom. The summed E-state index contributed by atoms with van der Waals surface area (Å²) < 4.78 is 7.13. The van der Waals surface area contributed by atoms with Crippen LogP contribution in [0.5, 0.6) is 0 Å². The molecule has 1 fully saturated rings. The fourth-order valence-electron chi connectivity index (χ4n) is 3.85. The zero-order chi connectivity index (χ0) is 22.8. The van der Waals surface area contributed by atoms with E-state index in [1.54, 1.807) is 0 Å². The molecule has 0 bridgehead atoms. The summed E-state index contributed by atoms with van der Waals surface area (Å²) >= 11 is 6.26. The van der Waals surface area contributed by atoms with Gasteiger partial charge in [0.2, 0.25) is 5.28 Å². The van der Waals surface area contributed by atoms with Crippen molar-refractivity contribution in [3.63, 3.8) is 0 Å². The fraction of sp³-hybridized carbons (Fsp3) is 0.409. The number of benzene rings is 1. The second kappa shape index (κ2) is 9.40. The zero-order valence-corrected chi connectivity index (χ0v) is 18.2. The summed E-state index contributed by atoms with van der Waals surface area (Å²) in [6, 6.07) is 7.71. The van der Waals surface area contributed by atoms with Crippen molar-refractivity contribution >= 4 is 28.6 Å². The highest BCUT2D eigenvalue weighted by atomic mass is 35.5. The number of hydrogen-bond acceptors (Lipinski definition) is 8. The smallest absolute Gasteiger partial charge is 0.226 e. The monoisotopic (exact) mass is 457 g/mol. The first-order chi connectivity index (χ1) is 15.5. The summed E-state index contributed by atoms with van der Waals surface area (Å²) in [5.41, 5.74) is 2.70.